The number of nitrogens with zero attached hydrogens (tertiary/aromatic N) is 1. The van der Waals surface area contributed by atoms with Crippen LogP contribution < -0.4 is 4.74 Å². The summed E-state index contributed by atoms with van der Waals surface area (Å²) in [6.07, 6.45) is 18.3. The molecule has 1 aromatic rings. The van der Waals surface area contributed by atoms with Crippen molar-refractivity contribution in [3.05, 3.63) is 24.3 Å². The predicted octanol–water partition coefficient (Wildman–Crippen LogP) is 8.14. The lowest BCUT2D eigenvalue weighted by atomic mass is 9.78. The molecule has 27 heavy (non-hydrogen) atoms. The Morgan fingerprint density at radius 3 is 2.11 bits per heavy atom. The molecule has 0 N–H and O–H groups in total. The highest BCUT2D eigenvalue weighted by atomic mass is 32.1. The molecule has 0 spiro atoms. The molecule has 1 aromatic carbocycles. The van der Waals surface area contributed by atoms with E-state index in [-0.39, 0.29) is 0 Å². The van der Waals surface area contributed by atoms with Crippen molar-refractivity contribution in [1.29, 1.82) is 0 Å². The number of thiocarbonyl (C=S) groups is 1. The summed E-state index contributed by atoms with van der Waals surface area (Å²) in [6, 6.07) is 7.75. The summed E-state index contributed by atoms with van der Waals surface area (Å²) >= 11 is 4.61. The second-order valence-corrected chi connectivity index (χ2v) is 8.31. The predicted molar refractivity (Wildman–Crippen MR) is 119 cm³/mol. The van der Waals surface area contributed by atoms with Gasteiger partial charge in [0, 0.05) is 0 Å². The number of hydrogen-bond donors (Lipinski definition) is 0. The second-order valence-electron chi connectivity index (χ2n) is 8.13. The molecule has 1 aliphatic carbocycles. The van der Waals surface area contributed by atoms with Crippen LogP contribution in [0.4, 0.5) is 5.69 Å². The molecule has 1 saturated carbocycles. The highest BCUT2D eigenvalue weighted by Crippen LogP contribution is 2.34. The Bertz CT molecular complexity index is 542. The number of hydrogen-bond acceptors (Lipinski definition) is 3. The smallest absolute Gasteiger partial charge is 0.119 e. The molecule has 3 heteroatoms. The lowest BCUT2D eigenvalue weighted by Crippen LogP contribution is -2.15. The van der Waals surface area contributed by atoms with Gasteiger partial charge >= 0.3 is 0 Å². The van der Waals surface area contributed by atoms with Gasteiger partial charge in [0.05, 0.1) is 17.5 Å². The molecule has 0 heterocycles. The first kappa shape index (κ1) is 22.1. The summed E-state index contributed by atoms with van der Waals surface area (Å²) in [4.78, 5) is 3.96. The Labute approximate surface area is 171 Å². The Hall–Kier alpha value is -1.18. The van der Waals surface area contributed by atoms with Crippen LogP contribution in [-0.2, 0) is 0 Å². The highest BCUT2D eigenvalue weighted by Gasteiger charge is 2.20. The van der Waals surface area contributed by atoms with Crippen LogP contribution in [-0.4, -0.2) is 11.8 Å². The minimum atomic E-state index is 0.813. The zero-order valence-corrected chi connectivity index (χ0v) is 17.9. The number of unbranched alkanes of at least 4 members (excludes halogenated alkanes) is 5. The molecular weight excluding hydrogens is 350 g/mol. The van der Waals surface area contributed by atoms with Gasteiger partial charge in [-0.15, -0.1) is 0 Å². The van der Waals surface area contributed by atoms with Crippen LogP contribution in [0.25, 0.3) is 0 Å². The number of aliphatic imine (C=N–C) groups is 1. The summed E-state index contributed by atoms with van der Waals surface area (Å²) in [5.74, 6) is 2.85. The molecule has 2 nitrogen and oxygen atoms in total. The van der Waals surface area contributed by atoms with E-state index in [0.717, 1.165) is 36.3 Å². The Morgan fingerprint density at radius 1 is 0.889 bits per heavy atom. The molecule has 0 aliphatic heterocycles. The van der Waals surface area contributed by atoms with Crippen molar-refractivity contribution in [2.75, 3.05) is 6.61 Å². The zero-order valence-electron chi connectivity index (χ0n) is 17.1. The van der Waals surface area contributed by atoms with Crippen molar-refractivity contribution in [1.82, 2.24) is 0 Å². The van der Waals surface area contributed by atoms with E-state index in [4.69, 9.17) is 4.74 Å². The van der Waals surface area contributed by atoms with Crippen molar-refractivity contribution < 1.29 is 4.74 Å². The van der Waals surface area contributed by atoms with E-state index in [2.05, 4.69) is 29.3 Å². The van der Waals surface area contributed by atoms with Crippen molar-refractivity contribution in [2.24, 2.45) is 16.8 Å². The largest absolute Gasteiger partial charge is 0.494 e. The van der Waals surface area contributed by atoms with E-state index in [9.17, 15) is 0 Å². The van der Waals surface area contributed by atoms with Crippen molar-refractivity contribution in [3.8, 4) is 5.75 Å². The van der Waals surface area contributed by atoms with Gasteiger partial charge in [-0.25, -0.2) is 0 Å². The summed E-state index contributed by atoms with van der Waals surface area (Å²) in [5, 5.41) is 2.38. The molecule has 0 unspecified atom stereocenters. The van der Waals surface area contributed by atoms with Gasteiger partial charge in [-0.3, -0.25) is 0 Å². The molecule has 0 radical (unpaired) electrons. The lowest BCUT2D eigenvalue weighted by molar-refractivity contribution is 0.228. The fraction of sp³-hybridized carbons (Fsp3) is 0.708. The van der Waals surface area contributed by atoms with Gasteiger partial charge in [-0.2, -0.15) is 4.99 Å². The van der Waals surface area contributed by atoms with Crippen LogP contribution >= 0.6 is 12.2 Å². The summed E-state index contributed by atoms with van der Waals surface area (Å²) in [6.45, 7) is 3.11. The molecule has 2 rings (SSSR count). The zero-order chi connectivity index (χ0) is 19.2. The number of isothiocyanates is 1. The quantitative estimate of drug-likeness (QED) is 0.193. The minimum absolute atomic E-state index is 0.813. The fourth-order valence-corrected chi connectivity index (χ4v) is 4.36. The van der Waals surface area contributed by atoms with Gasteiger partial charge in [-0.05, 0) is 61.2 Å². The van der Waals surface area contributed by atoms with Crippen LogP contribution in [0.2, 0.25) is 0 Å². The molecule has 0 aromatic heterocycles. The molecule has 0 saturated heterocycles. The third kappa shape index (κ3) is 9.53. The molecule has 150 valence electrons. The topological polar surface area (TPSA) is 21.6 Å². The average Bonchev–Trinajstić information content (AvgIpc) is 2.70. The lowest BCUT2D eigenvalue weighted by Gasteiger charge is -2.28. The highest BCUT2D eigenvalue weighted by molar-refractivity contribution is 7.78. The van der Waals surface area contributed by atoms with Crippen molar-refractivity contribution in [2.45, 2.75) is 90.4 Å². The van der Waals surface area contributed by atoms with Gasteiger partial charge in [-0.1, -0.05) is 77.6 Å². The average molecular weight is 388 g/mol. The Kier molecular flexibility index (Phi) is 11.4. The fourth-order valence-electron chi connectivity index (χ4n) is 4.25. The molecule has 1 aliphatic rings. The second kappa shape index (κ2) is 13.9. The van der Waals surface area contributed by atoms with Gasteiger partial charge < -0.3 is 4.74 Å². The van der Waals surface area contributed by atoms with Gasteiger partial charge in [0.1, 0.15) is 5.75 Å². The van der Waals surface area contributed by atoms with Crippen molar-refractivity contribution in [3.63, 3.8) is 0 Å². The van der Waals surface area contributed by atoms with E-state index in [1.165, 1.54) is 77.0 Å². The van der Waals surface area contributed by atoms with Gasteiger partial charge in [0.25, 0.3) is 0 Å². The third-order valence-corrected chi connectivity index (χ3v) is 6.06. The van der Waals surface area contributed by atoms with Crippen LogP contribution in [0.3, 0.4) is 0 Å². The van der Waals surface area contributed by atoms with E-state index in [1.54, 1.807) is 0 Å². The van der Waals surface area contributed by atoms with E-state index in [1.807, 2.05) is 24.3 Å². The minimum Gasteiger partial charge on any atom is -0.494 e. The molecule has 0 bridgehead atoms. The molecule has 0 atom stereocenters. The number of benzene rings is 1. The van der Waals surface area contributed by atoms with Gasteiger partial charge in [0.2, 0.25) is 0 Å². The first-order valence-corrected chi connectivity index (χ1v) is 11.5. The maximum absolute atomic E-state index is 5.86. The van der Waals surface area contributed by atoms with Crippen LogP contribution in [0.1, 0.15) is 90.4 Å². The van der Waals surface area contributed by atoms with Crippen LogP contribution in [0.5, 0.6) is 5.75 Å². The standard InChI is InChI=1S/C24H37NOS/c1-2-3-4-5-6-7-9-21-11-13-22(14-12-21)10-8-19-26-24-17-15-23(16-18-24)25-20-27/h15-18,21-22H,2-14,19H2,1H3. The summed E-state index contributed by atoms with van der Waals surface area (Å²) < 4.78 is 5.86. The summed E-state index contributed by atoms with van der Waals surface area (Å²) in [7, 11) is 0. The first-order valence-electron chi connectivity index (χ1n) is 11.1. The number of rotatable bonds is 13. The normalized spacial score (nSPS) is 19.4. The monoisotopic (exact) mass is 387 g/mol. The number of ether oxygens (including phenoxy) is 1. The SMILES string of the molecule is CCCCCCCCC1CCC(CCCOc2ccc(N=C=S)cc2)CC1. The maximum atomic E-state index is 5.86. The third-order valence-electron chi connectivity index (χ3n) is 5.97. The van der Waals surface area contributed by atoms with Gasteiger partial charge in [0.15, 0.2) is 0 Å². The summed E-state index contributed by atoms with van der Waals surface area (Å²) in [5.41, 5.74) is 0.829. The van der Waals surface area contributed by atoms with Crippen LogP contribution in [0, 0.1) is 11.8 Å². The molecule has 1 fully saturated rings. The van der Waals surface area contributed by atoms with Crippen LogP contribution in [0.15, 0.2) is 29.3 Å². The first-order chi connectivity index (χ1) is 13.3. The van der Waals surface area contributed by atoms with E-state index >= 15 is 0 Å². The van der Waals surface area contributed by atoms with E-state index < -0.39 is 0 Å². The molecular formula is C24H37NOS. The maximum Gasteiger partial charge on any atom is 0.119 e. The Balaban J connectivity index is 1.49. The Morgan fingerprint density at radius 2 is 1.48 bits per heavy atom. The molecule has 0 amide bonds. The van der Waals surface area contributed by atoms with Crippen molar-refractivity contribution >= 4 is 23.1 Å². The van der Waals surface area contributed by atoms with E-state index in [0.29, 0.717) is 0 Å².